The van der Waals surface area contributed by atoms with Crippen molar-refractivity contribution in [3.05, 3.63) is 29.3 Å². The van der Waals surface area contributed by atoms with Crippen molar-refractivity contribution in [2.75, 3.05) is 11.4 Å². The standard InChI is InChI=1S/C23H37N.Be.2ClH/c1-17(2)19-11-10-12-20(18(3)4)21(19)24-16-23(15-22(24,5)6)13-8-7-9-14-23;;;/h10-12,17-18H,7-9,13-16H2,1-6H3;;2*1H/q;+2;;/p-2. The van der Waals surface area contributed by atoms with Gasteiger partial charge in [-0.25, -0.2) is 0 Å². The Balaban J connectivity index is 0.00000225. The molecule has 1 saturated heterocycles. The van der Waals surface area contributed by atoms with Crippen LogP contribution in [0.25, 0.3) is 0 Å². The molecule has 3 rings (SSSR count). The fourth-order valence-corrected chi connectivity index (χ4v) is 5.46. The van der Waals surface area contributed by atoms with Gasteiger partial charge >= 0.3 is 10.1 Å². The van der Waals surface area contributed by atoms with E-state index in [-0.39, 0.29) is 40.5 Å². The first-order valence-corrected chi connectivity index (χ1v) is 10.2. The van der Waals surface area contributed by atoms with Crippen molar-refractivity contribution in [3.63, 3.8) is 0 Å². The first-order valence-electron chi connectivity index (χ1n) is 10.2. The Kier molecular flexibility index (Phi) is 9.91. The van der Waals surface area contributed by atoms with E-state index < -0.39 is 0 Å². The van der Waals surface area contributed by atoms with Crippen LogP contribution in [-0.4, -0.2) is 22.2 Å². The number of hydrogen-bond acceptors (Lipinski definition) is 1. The van der Waals surface area contributed by atoms with Crippen LogP contribution in [-0.2, 0) is 0 Å². The van der Waals surface area contributed by atoms with E-state index in [1.807, 2.05) is 0 Å². The summed E-state index contributed by atoms with van der Waals surface area (Å²) >= 11 is 0. The van der Waals surface area contributed by atoms with E-state index in [1.165, 1.54) is 45.1 Å². The quantitative estimate of drug-likeness (QED) is 0.660. The minimum Gasteiger partial charge on any atom is -1.00 e. The summed E-state index contributed by atoms with van der Waals surface area (Å²) in [5.74, 6) is 1.16. The molecule has 1 spiro atoms. The Labute approximate surface area is 184 Å². The number of hydrogen-bond donors (Lipinski definition) is 0. The molecule has 1 aromatic rings. The summed E-state index contributed by atoms with van der Waals surface area (Å²) in [6.07, 6.45) is 8.56. The SMILES string of the molecule is CC(C)c1cccc(C(C)C)c1N1CC2(CCCCC2)CC1(C)C.[Be+2].[Cl-].[Cl-]. The topological polar surface area (TPSA) is 3.24 Å². The summed E-state index contributed by atoms with van der Waals surface area (Å²) in [5, 5.41) is 0. The van der Waals surface area contributed by atoms with E-state index in [0.717, 1.165) is 0 Å². The van der Waals surface area contributed by atoms with E-state index in [1.54, 1.807) is 16.8 Å². The molecule has 1 saturated carbocycles. The van der Waals surface area contributed by atoms with E-state index in [9.17, 15) is 0 Å². The Morgan fingerprint density at radius 1 is 0.852 bits per heavy atom. The van der Waals surface area contributed by atoms with Crippen LogP contribution in [0.15, 0.2) is 18.2 Å². The number of anilines is 1. The molecule has 1 heterocycles. The van der Waals surface area contributed by atoms with Gasteiger partial charge in [-0.15, -0.1) is 0 Å². The van der Waals surface area contributed by atoms with Crippen LogP contribution in [0.3, 0.4) is 0 Å². The maximum Gasteiger partial charge on any atom is 2.00 e. The van der Waals surface area contributed by atoms with Crippen molar-refractivity contribution in [1.29, 1.82) is 0 Å². The molecule has 150 valence electrons. The molecule has 0 atom stereocenters. The average Bonchev–Trinajstić information content (AvgIpc) is 2.77. The summed E-state index contributed by atoms with van der Waals surface area (Å²) in [6.45, 7) is 15.6. The largest absolute Gasteiger partial charge is 2.00 e. The van der Waals surface area contributed by atoms with E-state index in [2.05, 4.69) is 64.6 Å². The zero-order chi connectivity index (χ0) is 17.5. The van der Waals surface area contributed by atoms with Crippen LogP contribution in [0.4, 0.5) is 5.69 Å². The van der Waals surface area contributed by atoms with E-state index in [4.69, 9.17) is 0 Å². The minimum atomic E-state index is 0. The predicted octanol–water partition coefficient (Wildman–Crippen LogP) is 0.500. The molecule has 0 bridgehead atoms. The third kappa shape index (κ3) is 5.23. The second kappa shape index (κ2) is 10.00. The van der Waals surface area contributed by atoms with Crippen LogP contribution < -0.4 is 29.7 Å². The van der Waals surface area contributed by atoms with Crippen molar-refractivity contribution in [1.82, 2.24) is 0 Å². The molecule has 0 N–H and O–H groups in total. The van der Waals surface area contributed by atoms with E-state index >= 15 is 0 Å². The molecule has 1 aliphatic carbocycles. The molecule has 2 aliphatic rings. The molecule has 0 amide bonds. The maximum absolute atomic E-state index is 2.81. The summed E-state index contributed by atoms with van der Waals surface area (Å²) in [5.41, 5.74) is 5.49. The molecule has 0 radical (unpaired) electrons. The Bertz CT molecular complexity index is 566. The van der Waals surface area contributed by atoms with Crippen LogP contribution in [0.5, 0.6) is 0 Å². The van der Waals surface area contributed by atoms with Crippen LogP contribution in [0.2, 0.25) is 0 Å². The molecule has 1 aromatic carbocycles. The first kappa shape index (κ1) is 26.8. The number of nitrogens with zero attached hydrogens (tertiary/aromatic N) is 1. The summed E-state index contributed by atoms with van der Waals surface area (Å²) in [7, 11) is 0. The van der Waals surface area contributed by atoms with Crippen LogP contribution >= 0.6 is 0 Å². The minimum absolute atomic E-state index is 0. The first-order chi connectivity index (χ1) is 11.3. The average molecular weight is 407 g/mol. The van der Waals surface area contributed by atoms with Gasteiger partial charge in [0, 0.05) is 17.8 Å². The van der Waals surface area contributed by atoms with Crippen molar-refractivity contribution in [3.8, 4) is 0 Å². The molecule has 1 aliphatic heterocycles. The molecular weight excluding hydrogens is 370 g/mol. The molecular formula is C23H37BeCl2N. The van der Waals surface area contributed by atoms with Gasteiger partial charge in [-0.3, -0.25) is 0 Å². The molecule has 0 aromatic heterocycles. The number of halogens is 2. The Hall–Kier alpha value is -0.231. The van der Waals surface area contributed by atoms with Gasteiger partial charge in [0.2, 0.25) is 0 Å². The van der Waals surface area contributed by atoms with Crippen molar-refractivity contribution < 1.29 is 24.8 Å². The van der Waals surface area contributed by atoms with Gasteiger partial charge in [0.05, 0.1) is 0 Å². The van der Waals surface area contributed by atoms with Gasteiger partial charge in [-0.2, -0.15) is 0 Å². The molecule has 4 heteroatoms. The molecule has 1 nitrogen and oxygen atoms in total. The Morgan fingerprint density at radius 2 is 1.33 bits per heavy atom. The smallest absolute Gasteiger partial charge is 1.00 e. The van der Waals surface area contributed by atoms with Gasteiger partial charge < -0.3 is 29.7 Å². The molecule has 2 fully saturated rings. The van der Waals surface area contributed by atoms with Crippen LogP contribution in [0, 0.1) is 5.41 Å². The monoisotopic (exact) mass is 406 g/mol. The predicted molar refractivity (Wildman–Crippen MR) is 112 cm³/mol. The zero-order valence-electron chi connectivity index (χ0n) is 18.2. The van der Waals surface area contributed by atoms with Crippen molar-refractivity contribution in [2.45, 2.75) is 97.4 Å². The van der Waals surface area contributed by atoms with Gasteiger partial charge in [0.25, 0.3) is 0 Å². The summed E-state index contributed by atoms with van der Waals surface area (Å²) in [6, 6.07) is 7.01. The summed E-state index contributed by atoms with van der Waals surface area (Å²) < 4.78 is 0. The second-order valence-electron chi connectivity index (χ2n) is 9.73. The normalized spacial score (nSPS) is 20.2. The Morgan fingerprint density at radius 3 is 1.78 bits per heavy atom. The van der Waals surface area contributed by atoms with Gasteiger partial charge in [-0.05, 0) is 61.5 Å². The molecule has 27 heavy (non-hydrogen) atoms. The maximum atomic E-state index is 2.81. The van der Waals surface area contributed by atoms with Crippen molar-refractivity contribution in [2.24, 2.45) is 5.41 Å². The zero-order valence-corrected chi connectivity index (χ0v) is 19.8. The summed E-state index contributed by atoms with van der Waals surface area (Å²) in [4.78, 5) is 2.81. The fraction of sp³-hybridized carbons (Fsp3) is 0.739. The van der Waals surface area contributed by atoms with Gasteiger partial charge in [0.15, 0.2) is 0 Å². The van der Waals surface area contributed by atoms with Gasteiger partial charge in [0.1, 0.15) is 0 Å². The fourth-order valence-electron chi connectivity index (χ4n) is 5.46. The second-order valence-corrected chi connectivity index (χ2v) is 9.73. The third-order valence-electron chi connectivity index (χ3n) is 6.56. The molecule has 0 unspecified atom stereocenters. The number of para-hydroxylation sites is 1. The number of benzene rings is 1. The number of rotatable bonds is 3. The van der Waals surface area contributed by atoms with E-state index in [0.29, 0.717) is 17.3 Å². The third-order valence-corrected chi connectivity index (χ3v) is 6.56. The van der Waals surface area contributed by atoms with Crippen LogP contribution in [0.1, 0.15) is 103 Å². The van der Waals surface area contributed by atoms with Gasteiger partial charge in [-0.1, -0.05) is 65.2 Å². The van der Waals surface area contributed by atoms with Crippen molar-refractivity contribution >= 4 is 15.8 Å².